The molecular weight excluding hydrogens is 360 g/mol. The van der Waals surface area contributed by atoms with Gasteiger partial charge in [0.05, 0.1) is 0 Å². The lowest BCUT2D eigenvalue weighted by Gasteiger charge is -2.34. The van der Waals surface area contributed by atoms with Gasteiger partial charge in [0.15, 0.2) is 18.1 Å². The van der Waals surface area contributed by atoms with Crippen LogP contribution in [0, 0.1) is 6.92 Å². The Morgan fingerprint density at radius 1 is 0.964 bits per heavy atom. The van der Waals surface area contributed by atoms with Gasteiger partial charge in [-0.2, -0.15) is 0 Å². The molecule has 0 unspecified atom stereocenters. The first-order valence-electron chi connectivity index (χ1n) is 9.26. The summed E-state index contributed by atoms with van der Waals surface area (Å²) >= 11 is 0. The smallest absolute Gasteiger partial charge is 0.260 e. The third-order valence-electron chi connectivity index (χ3n) is 4.89. The SMILES string of the molecule is Cc1cccc(OCC(=O)N2CCN(C(=O)c3ccc4c(c3)OCO4)CC2)c1. The van der Waals surface area contributed by atoms with Gasteiger partial charge in [0.2, 0.25) is 6.79 Å². The molecule has 2 aliphatic heterocycles. The van der Waals surface area contributed by atoms with Crippen molar-refractivity contribution in [2.24, 2.45) is 0 Å². The summed E-state index contributed by atoms with van der Waals surface area (Å²) < 4.78 is 16.2. The topological polar surface area (TPSA) is 68.3 Å². The van der Waals surface area contributed by atoms with E-state index in [9.17, 15) is 9.59 Å². The number of fused-ring (bicyclic) bond motifs is 1. The van der Waals surface area contributed by atoms with Crippen LogP contribution in [0.5, 0.6) is 17.2 Å². The van der Waals surface area contributed by atoms with Gasteiger partial charge in [-0.15, -0.1) is 0 Å². The summed E-state index contributed by atoms with van der Waals surface area (Å²) in [5.41, 5.74) is 1.65. The number of rotatable bonds is 4. The summed E-state index contributed by atoms with van der Waals surface area (Å²) in [6, 6.07) is 12.8. The van der Waals surface area contributed by atoms with Gasteiger partial charge in [0, 0.05) is 31.7 Å². The van der Waals surface area contributed by atoms with Crippen LogP contribution in [0.1, 0.15) is 15.9 Å². The average molecular weight is 382 g/mol. The molecule has 1 fully saturated rings. The normalized spacial score (nSPS) is 15.5. The maximum absolute atomic E-state index is 12.7. The minimum absolute atomic E-state index is 0.000436. The molecule has 0 N–H and O–H groups in total. The number of nitrogens with zero attached hydrogens (tertiary/aromatic N) is 2. The van der Waals surface area contributed by atoms with Gasteiger partial charge in [0.1, 0.15) is 5.75 Å². The van der Waals surface area contributed by atoms with Gasteiger partial charge in [0.25, 0.3) is 11.8 Å². The molecular formula is C21H22N2O5. The summed E-state index contributed by atoms with van der Waals surface area (Å²) in [5.74, 6) is 1.79. The molecule has 2 aliphatic rings. The third-order valence-corrected chi connectivity index (χ3v) is 4.89. The van der Waals surface area contributed by atoms with Gasteiger partial charge < -0.3 is 24.0 Å². The molecule has 0 aromatic heterocycles. The van der Waals surface area contributed by atoms with E-state index in [2.05, 4.69) is 0 Å². The lowest BCUT2D eigenvalue weighted by Crippen LogP contribution is -2.51. The Bertz CT molecular complexity index is 890. The highest BCUT2D eigenvalue weighted by atomic mass is 16.7. The standard InChI is InChI=1S/C21H22N2O5/c1-15-3-2-4-17(11-15)26-13-20(24)22-7-9-23(10-8-22)21(25)16-5-6-18-19(12-16)28-14-27-18/h2-6,11-12H,7-10,13-14H2,1H3. The molecule has 0 radical (unpaired) electrons. The van der Waals surface area contributed by atoms with E-state index in [1.807, 2.05) is 31.2 Å². The predicted molar refractivity (Wildman–Crippen MR) is 102 cm³/mol. The first-order chi connectivity index (χ1) is 13.6. The number of benzene rings is 2. The van der Waals surface area contributed by atoms with Crippen molar-refractivity contribution in [1.29, 1.82) is 0 Å². The highest BCUT2D eigenvalue weighted by molar-refractivity contribution is 5.95. The number of carbonyl (C=O) groups excluding carboxylic acids is 2. The fraction of sp³-hybridized carbons (Fsp3) is 0.333. The maximum atomic E-state index is 12.7. The first kappa shape index (κ1) is 18.2. The number of ether oxygens (including phenoxy) is 3. The van der Waals surface area contributed by atoms with E-state index in [-0.39, 0.29) is 25.2 Å². The Labute approximate surface area is 163 Å². The zero-order chi connectivity index (χ0) is 19.5. The molecule has 0 bridgehead atoms. The maximum Gasteiger partial charge on any atom is 0.260 e. The minimum Gasteiger partial charge on any atom is -0.484 e. The lowest BCUT2D eigenvalue weighted by atomic mass is 10.1. The minimum atomic E-state index is -0.0725. The van der Waals surface area contributed by atoms with E-state index in [1.54, 1.807) is 28.0 Å². The van der Waals surface area contributed by atoms with Crippen LogP contribution in [0.15, 0.2) is 42.5 Å². The van der Waals surface area contributed by atoms with Crippen molar-refractivity contribution in [3.63, 3.8) is 0 Å². The van der Waals surface area contributed by atoms with Crippen molar-refractivity contribution in [3.8, 4) is 17.2 Å². The molecule has 0 aliphatic carbocycles. The number of piperazine rings is 1. The van der Waals surface area contributed by atoms with Crippen molar-refractivity contribution >= 4 is 11.8 Å². The van der Waals surface area contributed by atoms with Crippen LogP contribution in [-0.4, -0.2) is 61.2 Å². The van der Waals surface area contributed by atoms with E-state index in [4.69, 9.17) is 14.2 Å². The van der Waals surface area contributed by atoms with E-state index in [1.165, 1.54) is 0 Å². The Morgan fingerprint density at radius 3 is 2.50 bits per heavy atom. The summed E-state index contributed by atoms with van der Waals surface area (Å²) in [4.78, 5) is 28.6. The molecule has 0 atom stereocenters. The van der Waals surface area contributed by atoms with Gasteiger partial charge in [-0.1, -0.05) is 12.1 Å². The average Bonchev–Trinajstić information content (AvgIpc) is 3.19. The monoisotopic (exact) mass is 382 g/mol. The number of hydrogen-bond acceptors (Lipinski definition) is 5. The van der Waals surface area contributed by atoms with Crippen LogP contribution in [0.3, 0.4) is 0 Å². The highest BCUT2D eigenvalue weighted by Gasteiger charge is 2.26. The summed E-state index contributed by atoms with van der Waals surface area (Å²) in [5, 5.41) is 0. The van der Waals surface area contributed by atoms with Gasteiger partial charge >= 0.3 is 0 Å². The van der Waals surface area contributed by atoms with Crippen molar-refractivity contribution < 1.29 is 23.8 Å². The molecule has 0 saturated carbocycles. The molecule has 4 rings (SSSR count). The first-order valence-corrected chi connectivity index (χ1v) is 9.26. The number of hydrogen-bond donors (Lipinski definition) is 0. The molecule has 146 valence electrons. The number of aryl methyl sites for hydroxylation is 1. The molecule has 0 spiro atoms. The second kappa shape index (κ2) is 7.80. The summed E-state index contributed by atoms with van der Waals surface area (Å²) in [7, 11) is 0. The number of carbonyl (C=O) groups is 2. The molecule has 7 heteroatoms. The van der Waals surface area contributed by atoms with Crippen LogP contribution in [0.25, 0.3) is 0 Å². The van der Waals surface area contributed by atoms with E-state index < -0.39 is 0 Å². The van der Waals surface area contributed by atoms with E-state index in [0.717, 1.165) is 5.56 Å². The van der Waals surface area contributed by atoms with Crippen LogP contribution < -0.4 is 14.2 Å². The van der Waals surface area contributed by atoms with Crippen molar-refractivity contribution in [2.75, 3.05) is 39.6 Å². The second-order valence-electron chi connectivity index (χ2n) is 6.85. The van der Waals surface area contributed by atoms with E-state index >= 15 is 0 Å². The largest absolute Gasteiger partial charge is 0.484 e. The third kappa shape index (κ3) is 3.88. The Balaban J connectivity index is 1.29. The molecule has 2 aromatic rings. The molecule has 7 nitrogen and oxygen atoms in total. The molecule has 2 aromatic carbocycles. The lowest BCUT2D eigenvalue weighted by molar-refractivity contribution is -0.134. The van der Waals surface area contributed by atoms with Crippen molar-refractivity contribution in [3.05, 3.63) is 53.6 Å². The van der Waals surface area contributed by atoms with Crippen molar-refractivity contribution in [2.45, 2.75) is 6.92 Å². The predicted octanol–water partition coefficient (Wildman–Crippen LogP) is 2.09. The van der Waals surface area contributed by atoms with Crippen LogP contribution in [-0.2, 0) is 4.79 Å². The van der Waals surface area contributed by atoms with Gasteiger partial charge in [-0.05, 0) is 42.8 Å². The van der Waals surface area contributed by atoms with Crippen LogP contribution in [0.4, 0.5) is 0 Å². The quantitative estimate of drug-likeness (QED) is 0.810. The van der Waals surface area contributed by atoms with Crippen molar-refractivity contribution in [1.82, 2.24) is 9.80 Å². The summed E-state index contributed by atoms with van der Waals surface area (Å²) in [6.45, 7) is 4.12. The molecule has 28 heavy (non-hydrogen) atoms. The fourth-order valence-corrected chi connectivity index (χ4v) is 3.31. The Kier molecular flexibility index (Phi) is 5.06. The number of amides is 2. The zero-order valence-electron chi connectivity index (χ0n) is 15.7. The van der Waals surface area contributed by atoms with Crippen LogP contribution in [0.2, 0.25) is 0 Å². The molecule has 2 heterocycles. The fourth-order valence-electron chi connectivity index (χ4n) is 3.31. The Hall–Kier alpha value is -3.22. The summed E-state index contributed by atoms with van der Waals surface area (Å²) in [6.07, 6.45) is 0. The highest BCUT2D eigenvalue weighted by Crippen LogP contribution is 2.32. The zero-order valence-corrected chi connectivity index (χ0v) is 15.7. The van der Waals surface area contributed by atoms with Gasteiger partial charge in [-0.25, -0.2) is 0 Å². The van der Waals surface area contributed by atoms with E-state index in [0.29, 0.717) is 49.0 Å². The Morgan fingerprint density at radius 2 is 1.71 bits per heavy atom. The molecule has 1 saturated heterocycles. The van der Waals surface area contributed by atoms with Gasteiger partial charge in [-0.3, -0.25) is 9.59 Å². The van der Waals surface area contributed by atoms with Crippen LogP contribution >= 0.6 is 0 Å². The second-order valence-corrected chi connectivity index (χ2v) is 6.85. The molecule has 2 amide bonds.